The van der Waals surface area contributed by atoms with Gasteiger partial charge in [0.15, 0.2) is 0 Å². The van der Waals surface area contributed by atoms with Crippen molar-refractivity contribution in [3.05, 3.63) is 23.5 Å². The zero-order valence-corrected chi connectivity index (χ0v) is 8.31. The Labute approximate surface area is 85.7 Å². The van der Waals surface area contributed by atoms with Gasteiger partial charge in [0.05, 0.1) is 6.54 Å². The molecule has 0 spiro atoms. The molecule has 0 saturated heterocycles. The Morgan fingerprint density at radius 3 is 2.86 bits per heavy atom. The molecule has 0 atom stereocenters. The summed E-state index contributed by atoms with van der Waals surface area (Å²) in [5.74, 6) is 0.566. The zero-order valence-electron chi connectivity index (χ0n) is 7.55. The molecule has 2 aromatic heterocycles. The van der Waals surface area contributed by atoms with Gasteiger partial charge in [0.2, 0.25) is 5.82 Å². The maximum Gasteiger partial charge on any atom is 0.206 e. The minimum Gasteiger partial charge on any atom is -0.244 e. The molecule has 6 heteroatoms. The summed E-state index contributed by atoms with van der Waals surface area (Å²) in [7, 11) is 0. The van der Waals surface area contributed by atoms with E-state index in [1.54, 1.807) is 12.3 Å². The molecule has 0 aliphatic heterocycles. The standard InChI is InChI=1S/C8H8ClN5/c1-2-14-12-8(11-13-14)6-3-4-7(9)10-5-6/h3-5H,2H2,1H3. The van der Waals surface area contributed by atoms with Crippen molar-refractivity contribution in [3.63, 3.8) is 0 Å². The molecule has 0 bridgehead atoms. The molecule has 2 heterocycles. The lowest BCUT2D eigenvalue weighted by molar-refractivity contribution is 0.553. The molecule has 0 aliphatic rings. The van der Waals surface area contributed by atoms with Crippen LogP contribution >= 0.6 is 11.6 Å². The third-order valence-corrected chi connectivity index (χ3v) is 1.94. The molecule has 0 aliphatic carbocycles. The van der Waals surface area contributed by atoms with Crippen LogP contribution in [-0.2, 0) is 6.54 Å². The maximum absolute atomic E-state index is 5.66. The summed E-state index contributed by atoms with van der Waals surface area (Å²) in [6.07, 6.45) is 1.62. The van der Waals surface area contributed by atoms with E-state index < -0.39 is 0 Å². The molecule has 14 heavy (non-hydrogen) atoms. The van der Waals surface area contributed by atoms with Crippen molar-refractivity contribution < 1.29 is 0 Å². The molecule has 72 valence electrons. The van der Waals surface area contributed by atoms with Gasteiger partial charge >= 0.3 is 0 Å². The van der Waals surface area contributed by atoms with Gasteiger partial charge in [0.25, 0.3) is 0 Å². The highest BCUT2D eigenvalue weighted by atomic mass is 35.5. The quantitative estimate of drug-likeness (QED) is 0.702. The van der Waals surface area contributed by atoms with Crippen LogP contribution in [0, 0.1) is 0 Å². The van der Waals surface area contributed by atoms with Crippen LogP contribution in [0.4, 0.5) is 0 Å². The van der Waals surface area contributed by atoms with Crippen LogP contribution < -0.4 is 0 Å². The van der Waals surface area contributed by atoms with Gasteiger partial charge < -0.3 is 0 Å². The van der Waals surface area contributed by atoms with Gasteiger partial charge in [-0.15, -0.1) is 10.2 Å². The van der Waals surface area contributed by atoms with E-state index in [2.05, 4.69) is 20.4 Å². The fraction of sp³-hybridized carbons (Fsp3) is 0.250. The molecule has 0 radical (unpaired) electrons. The second-order valence-electron chi connectivity index (χ2n) is 2.67. The normalized spacial score (nSPS) is 10.4. The molecule has 2 rings (SSSR count). The minimum absolute atomic E-state index is 0.455. The van der Waals surface area contributed by atoms with E-state index in [1.807, 2.05) is 13.0 Å². The monoisotopic (exact) mass is 209 g/mol. The first kappa shape index (κ1) is 9.08. The van der Waals surface area contributed by atoms with Crippen LogP contribution in [0.5, 0.6) is 0 Å². The summed E-state index contributed by atoms with van der Waals surface area (Å²) >= 11 is 5.66. The van der Waals surface area contributed by atoms with Gasteiger partial charge in [0.1, 0.15) is 5.15 Å². The zero-order chi connectivity index (χ0) is 9.97. The third kappa shape index (κ3) is 1.72. The molecule has 0 fully saturated rings. The number of rotatable bonds is 2. The highest BCUT2D eigenvalue weighted by Crippen LogP contribution is 2.13. The van der Waals surface area contributed by atoms with E-state index in [0.717, 1.165) is 5.56 Å². The summed E-state index contributed by atoms with van der Waals surface area (Å²) in [5.41, 5.74) is 0.814. The predicted octanol–water partition coefficient (Wildman–Crippen LogP) is 1.41. The lowest BCUT2D eigenvalue weighted by atomic mass is 10.3. The predicted molar refractivity (Wildman–Crippen MR) is 51.7 cm³/mol. The number of halogens is 1. The lowest BCUT2D eigenvalue weighted by Gasteiger charge is -1.92. The Kier molecular flexibility index (Phi) is 2.41. The van der Waals surface area contributed by atoms with Gasteiger partial charge in [-0.1, -0.05) is 11.6 Å². The minimum atomic E-state index is 0.455. The number of hydrogen-bond donors (Lipinski definition) is 0. The van der Waals surface area contributed by atoms with Crippen molar-refractivity contribution in [2.75, 3.05) is 0 Å². The second-order valence-corrected chi connectivity index (χ2v) is 3.06. The van der Waals surface area contributed by atoms with Crippen molar-refractivity contribution in [1.82, 2.24) is 25.2 Å². The molecular formula is C8H8ClN5. The number of pyridine rings is 1. The van der Waals surface area contributed by atoms with Crippen molar-refractivity contribution >= 4 is 11.6 Å². The first-order valence-electron chi connectivity index (χ1n) is 4.19. The van der Waals surface area contributed by atoms with E-state index >= 15 is 0 Å². The number of hydrogen-bond acceptors (Lipinski definition) is 4. The third-order valence-electron chi connectivity index (χ3n) is 1.72. The highest BCUT2D eigenvalue weighted by molar-refractivity contribution is 6.29. The lowest BCUT2D eigenvalue weighted by Crippen LogP contribution is -1.98. The maximum atomic E-state index is 5.66. The smallest absolute Gasteiger partial charge is 0.206 e. The largest absolute Gasteiger partial charge is 0.244 e. The van der Waals surface area contributed by atoms with Gasteiger partial charge in [-0.25, -0.2) is 4.98 Å². The Balaban J connectivity index is 2.34. The van der Waals surface area contributed by atoms with Crippen LogP contribution in [0.25, 0.3) is 11.4 Å². The number of aromatic nitrogens is 5. The van der Waals surface area contributed by atoms with Gasteiger partial charge in [-0.2, -0.15) is 4.80 Å². The number of tetrazole rings is 1. The Morgan fingerprint density at radius 2 is 2.29 bits per heavy atom. The van der Waals surface area contributed by atoms with Crippen LogP contribution in [-0.4, -0.2) is 25.2 Å². The fourth-order valence-electron chi connectivity index (χ4n) is 1.00. The van der Waals surface area contributed by atoms with Crippen molar-refractivity contribution in [1.29, 1.82) is 0 Å². The molecule has 0 saturated carbocycles. The molecule has 0 N–H and O–H groups in total. The van der Waals surface area contributed by atoms with E-state index in [9.17, 15) is 0 Å². The Morgan fingerprint density at radius 1 is 1.43 bits per heavy atom. The molecule has 2 aromatic rings. The summed E-state index contributed by atoms with van der Waals surface area (Å²) < 4.78 is 0. The van der Waals surface area contributed by atoms with E-state index in [0.29, 0.717) is 17.5 Å². The molecule has 0 amide bonds. The van der Waals surface area contributed by atoms with Gasteiger partial charge in [0, 0.05) is 11.8 Å². The second kappa shape index (κ2) is 3.71. The topological polar surface area (TPSA) is 56.5 Å². The molecule has 5 nitrogen and oxygen atoms in total. The van der Waals surface area contributed by atoms with Crippen LogP contribution in [0.1, 0.15) is 6.92 Å². The summed E-state index contributed by atoms with van der Waals surface area (Å²) in [6.45, 7) is 2.65. The van der Waals surface area contributed by atoms with E-state index in [4.69, 9.17) is 11.6 Å². The van der Waals surface area contributed by atoms with Crippen LogP contribution in [0.15, 0.2) is 18.3 Å². The Hall–Kier alpha value is -1.49. The SMILES string of the molecule is CCn1nnc(-c2ccc(Cl)nc2)n1. The summed E-state index contributed by atoms with van der Waals surface area (Å²) in [6, 6.07) is 3.51. The summed E-state index contributed by atoms with van der Waals surface area (Å²) in [4.78, 5) is 5.46. The van der Waals surface area contributed by atoms with Gasteiger partial charge in [-0.3, -0.25) is 0 Å². The highest BCUT2D eigenvalue weighted by Gasteiger charge is 2.04. The van der Waals surface area contributed by atoms with Crippen molar-refractivity contribution in [2.45, 2.75) is 13.5 Å². The first-order chi connectivity index (χ1) is 6.79. The Bertz CT molecular complexity index is 422. The van der Waals surface area contributed by atoms with Crippen molar-refractivity contribution in [2.24, 2.45) is 0 Å². The first-order valence-corrected chi connectivity index (χ1v) is 4.57. The average Bonchev–Trinajstić information content (AvgIpc) is 2.67. The number of aryl methyl sites for hydroxylation is 1. The van der Waals surface area contributed by atoms with Crippen LogP contribution in [0.3, 0.4) is 0 Å². The van der Waals surface area contributed by atoms with E-state index in [1.165, 1.54) is 4.80 Å². The summed E-state index contributed by atoms with van der Waals surface area (Å²) in [5, 5.41) is 12.3. The van der Waals surface area contributed by atoms with Crippen LogP contribution in [0.2, 0.25) is 5.15 Å². The van der Waals surface area contributed by atoms with Crippen molar-refractivity contribution in [3.8, 4) is 11.4 Å². The molecule has 0 unspecified atom stereocenters. The molecular weight excluding hydrogens is 202 g/mol. The average molecular weight is 210 g/mol. The number of nitrogens with zero attached hydrogens (tertiary/aromatic N) is 5. The van der Waals surface area contributed by atoms with E-state index in [-0.39, 0.29) is 0 Å². The molecule has 0 aromatic carbocycles. The fourth-order valence-corrected chi connectivity index (χ4v) is 1.11. The van der Waals surface area contributed by atoms with Gasteiger partial charge in [-0.05, 0) is 24.3 Å².